The van der Waals surface area contributed by atoms with Crippen LogP contribution < -0.4 is 11.1 Å². The monoisotopic (exact) mass is 235 g/mol. The average Bonchev–Trinajstić information content (AvgIpc) is 2.29. The molecule has 91 valence electrons. The van der Waals surface area contributed by atoms with Gasteiger partial charge in [-0.25, -0.2) is 0 Å². The number of hydrogen-bond acceptors (Lipinski definition) is 3. The van der Waals surface area contributed by atoms with Gasteiger partial charge < -0.3 is 16.2 Å². The molecule has 5 heteroatoms. The predicted molar refractivity (Wildman–Crippen MR) is 62.8 cm³/mol. The second-order valence-corrected chi connectivity index (χ2v) is 3.61. The Balaban J connectivity index is 2.27. The molecule has 0 saturated carbocycles. The number of benzene rings is 1. The molecule has 1 aromatic carbocycles. The van der Waals surface area contributed by atoms with Gasteiger partial charge in [-0.3, -0.25) is 9.59 Å². The normalized spacial score (nSPS) is 11.8. The number of carboxylic acid groups (broad SMARTS) is 1. The minimum Gasteiger partial charge on any atom is -0.481 e. The molecule has 0 fully saturated rings. The molecule has 1 atom stereocenters. The Labute approximate surface area is 99.6 Å². The van der Waals surface area contributed by atoms with Gasteiger partial charge in [0.05, 0.1) is 19.0 Å². The van der Waals surface area contributed by atoms with Gasteiger partial charge >= 0.3 is 5.97 Å². The highest BCUT2D eigenvalue weighted by atomic mass is 16.4. The van der Waals surface area contributed by atoms with E-state index in [0.29, 0.717) is 6.42 Å². The van der Waals surface area contributed by atoms with E-state index in [4.69, 9.17) is 10.8 Å². The van der Waals surface area contributed by atoms with Crippen LogP contribution in [0, 0.1) is 6.54 Å². The molecule has 1 unspecified atom stereocenters. The van der Waals surface area contributed by atoms with Crippen molar-refractivity contribution in [1.82, 2.24) is 5.32 Å². The molecule has 5 nitrogen and oxygen atoms in total. The number of nitrogens with two attached hydrogens (primary N) is 1. The van der Waals surface area contributed by atoms with Gasteiger partial charge in [-0.15, -0.1) is 0 Å². The fourth-order valence-electron chi connectivity index (χ4n) is 1.27. The van der Waals surface area contributed by atoms with Crippen molar-refractivity contribution in [3.8, 4) is 0 Å². The van der Waals surface area contributed by atoms with E-state index >= 15 is 0 Å². The Hall–Kier alpha value is -1.88. The Morgan fingerprint density at radius 3 is 2.59 bits per heavy atom. The first kappa shape index (κ1) is 13.2. The molecule has 17 heavy (non-hydrogen) atoms. The van der Waals surface area contributed by atoms with Crippen molar-refractivity contribution in [3.63, 3.8) is 0 Å². The maximum atomic E-state index is 11.3. The van der Waals surface area contributed by atoms with E-state index in [1.807, 2.05) is 30.3 Å². The number of nitrogens with one attached hydrogen (secondary N) is 1. The van der Waals surface area contributed by atoms with Crippen molar-refractivity contribution in [2.45, 2.75) is 18.9 Å². The highest BCUT2D eigenvalue weighted by Crippen LogP contribution is 2.00. The van der Waals surface area contributed by atoms with Gasteiger partial charge in [-0.2, -0.15) is 0 Å². The quantitative estimate of drug-likeness (QED) is 0.661. The van der Waals surface area contributed by atoms with Crippen molar-refractivity contribution in [1.29, 1.82) is 0 Å². The summed E-state index contributed by atoms with van der Waals surface area (Å²) in [5, 5.41) is 11.0. The lowest BCUT2D eigenvalue weighted by Gasteiger charge is -2.09. The molecule has 0 saturated heterocycles. The van der Waals surface area contributed by atoms with Crippen molar-refractivity contribution in [3.05, 3.63) is 42.4 Å². The lowest BCUT2D eigenvalue weighted by molar-refractivity contribution is -0.139. The van der Waals surface area contributed by atoms with Crippen LogP contribution in [0.2, 0.25) is 0 Å². The first-order valence-corrected chi connectivity index (χ1v) is 5.23. The largest absolute Gasteiger partial charge is 0.481 e. The van der Waals surface area contributed by atoms with Gasteiger partial charge in [0.15, 0.2) is 0 Å². The van der Waals surface area contributed by atoms with Crippen LogP contribution in [0.3, 0.4) is 0 Å². The first-order valence-electron chi connectivity index (χ1n) is 5.23. The number of hydrogen-bond donors (Lipinski definition) is 3. The SMILES string of the molecule is NC(CC(=O)O)C(=O)N[CH]Cc1ccccc1. The topological polar surface area (TPSA) is 92.4 Å². The molecule has 0 aromatic heterocycles. The third-order valence-electron chi connectivity index (χ3n) is 2.16. The predicted octanol–water partition coefficient (Wildman–Crippen LogP) is 0.309. The average molecular weight is 235 g/mol. The van der Waals surface area contributed by atoms with Gasteiger partial charge in [-0.05, 0) is 12.0 Å². The Morgan fingerprint density at radius 2 is 2.00 bits per heavy atom. The van der Waals surface area contributed by atoms with Crippen LogP contribution >= 0.6 is 0 Å². The molecule has 1 amide bonds. The summed E-state index contributed by atoms with van der Waals surface area (Å²) in [6.07, 6.45) is 0.206. The number of rotatable bonds is 6. The van der Waals surface area contributed by atoms with Crippen molar-refractivity contribution in [2.24, 2.45) is 5.73 Å². The van der Waals surface area contributed by atoms with Crippen LogP contribution in [-0.2, 0) is 16.0 Å². The summed E-state index contributed by atoms with van der Waals surface area (Å²) in [7, 11) is 0. The van der Waals surface area contributed by atoms with Gasteiger partial charge in [0.25, 0.3) is 0 Å². The van der Waals surface area contributed by atoms with E-state index in [-0.39, 0.29) is 6.42 Å². The van der Waals surface area contributed by atoms with E-state index < -0.39 is 17.9 Å². The van der Waals surface area contributed by atoms with Gasteiger partial charge in [0, 0.05) is 0 Å². The van der Waals surface area contributed by atoms with E-state index in [1.54, 1.807) is 6.54 Å². The molecule has 0 spiro atoms. The zero-order chi connectivity index (χ0) is 12.7. The molecule has 0 bridgehead atoms. The highest BCUT2D eigenvalue weighted by Gasteiger charge is 2.16. The van der Waals surface area contributed by atoms with E-state index in [9.17, 15) is 9.59 Å². The smallest absolute Gasteiger partial charge is 0.305 e. The van der Waals surface area contributed by atoms with Gasteiger partial charge in [0.1, 0.15) is 0 Å². The van der Waals surface area contributed by atoms with Gasteiger partial charge in [-0.1, -0.05) is 30.3 Å². The molecule has 0 aliphatic carbocycles. The summed E-state index contributed by atoms with van der Waals surface area (Å²) >= 11 is 0. The van der Waals surface area contributed by atoms with Crippen LogP contribution in [0.1, 0.15) is 12.0 Å². The number of amides is 1. The lowest BCUT2D eigenvalue weighted by Crippen LogP contribution is -2.41. The van der Waals surface area contributed by atoms with Crippen LogP contribution in [0.4, 0.5) is 0 Å². The minimum atomic E-state index is -1.09. The van der Waals surface area contributed by atoms with Gasteiger partial charge in [0.2, 0.25) is 5.91 Å². The fourth-order valence-corrected chi connectivity index (χ4v) is 1.27. The number of aliphatic carboxylic acids is 1. The highest BCUT2D eigenvalue weighted by molar-refractivity contribution is 5.86. The number of carboxylic acids is 1. The summed E-state index contributed by atoms with van der Waals surface area (Å²) in [5.74, 6) is -1.57. The Morgan fingerprint density at radius 1 is 1.35 bits per heavy atom. The molecule has 0 aliphatic rings. The molecular weight excluding hydrogens is 220 g/mol. The molecule has 1 aromatic rings. The lowest BCUT2D eigenvalue weighted by atomic mass is 10.1. The molecule has 0 aliphatic heterocycles. The van der Waals surface area contributed by atoms with Crippen LogP contribution in [0.5, 0.6) is 0 Å². The van der Waals surface area contributed by atoms with E-state index in [0.717, 1.165) is 5.56 Å². The van der Waals surface area contributed by atoms with Crippen molar-refractivity contribution >= 4 is 11.9 Å². The standard InChI is InChI=1S/C12H15N2O3/c13-10(8-11(15)16)12(17)14-7-6-9-4-2-1-3-5-9/h1-5,7,10H,6,8,13H2,(H,14,17)(H,15,16). The fraction of sp³-hybridized carbons (Fsp3) is 0.250. The third-order valence-corrected chi connectivity index (χ3v) is 2.16. The first-order chi connectivity index (χ1) is 8.09. The molecule has 1 radical (unpaired) electrons. The third kappa shape index (κ3) is 5.12. The van der Waals surface area contributed by atoms with Crippen molar-refractivity contribution in [2.75, 3.05) is 0 Å². The van der Waals surface area contributed by atoms with E-state index in [2.05, 4.69) is 5.32 Å². The van der Waals surface area contributed by atoms with Crippen molar-refractivity contribution < 1.29 is 14.7 Å². The molecular formula is C12H15N2O3. The summed E-state index contributed by atoms with van der Waals surface area (Å²) in [6.45, 7) is 1.57. The zero-order valence-corrected chi connectivity index (χ0v) is 9.30. The summed E-state index contributed by atoms with van der Waals surface area (Å²) in [5.41, 5.74) is 6.44. The molecule has 4 N–H and O–H groups in total. The second-order valence-electron chi connectivity index (χ2n) is 3.61. The van der Waals surface area contributed by atoms with Crippen LogP contribution in [0.25, 0.3) is 0 Å². The zero-order valence-electron chi connectivity index (χ0n) is 9.30. The molecule has 1 rings (SSSR count). The second kappa shape index (κ2) is 6.65. The van der Waals surface area contributed by atoms with E-state index in [1.165, 1.54) is 0 Å². The summed E-state index contributed by atoms with van der Waals surface area (Å²) in [4.78, 5) is 21.7. The molecule has 0 heterocycles. The summed E-state index contributed by atoms with van der Waals surface area (Å²) in [6, 6.07) is 8.56. The minimum absolute atomic E-state index is 0.370. The van der Waals surface area contributed by atoms with Crippen LogP contribution in [-0.4, -0.2) is 23.0 Å². The maximum Gasteiger partial charge on any atom is 0.305 e. The number of carbonyl (C=O) groups excluding carboxylic acids is 1. The Kier molecular flexibility index (Phi) is 5.16. The number of carbonyl (C=O) groups is 2. The summed E-state index contributed by atoms with van der Waals surface area (Å²) < 4.78 is 0. The maximum absolute atomic E-state index is 11.3. The Bertz CT molecular complexity index is 379. The van der Waals surface area contributed by atoms with Crippen LogP contribution in [0.15, 0.2) is 30.3 Å².